The van der Waals surface area contributed by atoms with Crippen LogP contribution >= 0.6 is 0 Å². The van der Waals surface area contributed by atoms with Crippen LogP contribution in [-0.4, -0.2) is 4.98 Å². The number of pyridine rings is 4. The normalized spacial score (nSPS) is 20.6. The predicted octanol–water partition coefficient (Wildman–Crippen LogP) is 19.5. The van der Waals surface area contributed by atoms with Crippen LogP contribution in [0.15, 0.2) is 187 Å². The molecule has 4 atom stereocenters. The van der Waals surface area contributed by atoms with Gasteiger partial charge in [-0.1, -0.05) is 141 Å². The number of benzene rings is 6. The lowest BCUT2D eigenvalue weighted by atomic mass is 9.62. The second-order valence-corrected chi connectivity index (χ2v) is 26.1. The average molecular weight is 1150 g/mol. The minimum Gasteiger partial charge on any atom is -0.437 e. The molecule has 5 fully saturated rings. The van der Waals surface area contributed by atoms with Crippen molar-refractivity contribution >= 4 is 22.1 Å². The summed E-state index contributed by atoms with van der Waals surface area (Å²) in [4.78, 5) is 4.56. The second-order valence-electron chi connectivity index (χ2n) is 26.1. The van der Waals surface area contributed by atoms with Gasteiger partial charge in [0.2, 0.25) is 22.8 Å². The fourth-order valence-corrected chi connectivity index (χ4v) is 15.7. The van der Waals surface area contributed by atoms with Crippen LogP contribution < -0.4 is 13.7 Å². The molecule has 0 amide bonds. The Kier molecular flexibility index (Phi) is 14.1. The Bertz CT molecular complexity index is 4620. The molecule has 0 spiro atoms. The first kappa shape index (κ1) is 50.8. The van der Waals surface area contributed by atoms with Crippen LogP contribution in [0.25, 0.3) is 89.2 Å². The summed E-state index contributed by atoms with van der Waals surface area (Å²) in [5.74, 6) is 5.09. The molecule has 5 aromatic heterocycles. The van der Waals surface area contributed by atoms with Gasteiger partial charge in [-0.3, -0.25) is 0 Å². The van der Waals surface area contributed by atoms with Gasteiger partial charge in [0, 0.05) is 70.7 Å². The molecule has 438 valence electrons. The molecule has 11 aromatic rings. The van der Waals surface area contributed by atoms with Gasteiger partial charge < -0.3 is 4.42 Å². The van der Waals surface area contributed by atoms with E-state index >= 15 is 0 Å². The third-order valence-electron chi connectivity index (χ3n) is 20.6. The minimum absolute atomic E-state index is 0.148. The molecule has 5 aliphatic rings. The van der Waals surface area contributed by atoms with Gasteiger partial charge in [0.25, 0.3) is 0 Å². The highest BCUT2D eigenvalue weighted by Crippen LogP contribution is 2.55. The van der Waals surface area contributed by atoms with Gasteiger partial charge in [0.15, 0.2) is 24.2 Å². The van der Waals surface area contributed by atoms with E-state index in [4.69, 9.17) is 12.6 Å². The molecule has 5 heteroatoms. The van der Waals surface area contributed by atoms with Crippen LogP contribution in [0, 0.1) is 78.9 Å². The highest BCUT2D eigenvalue weighted by Gasteiger charge is 2.42. The Morgan fingerprint density at radius 3 is 1.49 bits per heavy atom. The smallest absolute Gasteiger partial charge is 0.227 e. The number of fused-ring (bicyclic) bond motifs is 8. The van der Waals surface area contributed by atoms with Crippen molar-refractivity contribution in [2.24, 2.45) is 44.8 Å². The van der Waals surface area contributed by atoms with Crippen LogP contribution in [0.1, 0.15) is 134 Å². The Labute approximate surface area is 525 Å². The highest BCUT2D eigenvalue weighted by atomic mass is 16.3. The molecule has 4 unspecified atom stereocenters. The number of nitrogens with zero attached hydrogens (tertiary/aromatic N) is 4. The fourth-order valence-electron chi connectivity index (χ4n) is 15.7. The van der Waals surface area contributed by atoms with Crippen molar-refractivity contribution in [2.75, 3.05) is 0 Å². The molecule has 5 aliphatic carbocycles. The molecular formula is C82H87N4O+3. The minimum atomic E-state index is -2.41. The zero-order valence-corrected chi connectivity index (χ0v) is 52.3. The molecule has 0 saturated heterocycles. The molecule has 0 radical (unpaired) electrons. The van der Waals surface area contributed by atoms with Crippen molar-refractivity contribution in [1.29, 1.82) is 0 Å². The lowest BCUT2D eigenvalue weighted by Crippen LogP contribution is -2.34. The molecule has 16 rings (SSSR count). The standard InChI is InChI=1S/C29H29N2O.C27H30N.C26H28N/c1-16-8-10-23-24-11-9-20(5)30-29(24)32-28(23)27(16)26-14-25(19(4)15-31(26)7)22-12-17(2)21(6)18(3)13-22;1-19-8-6-7-11-23(19)27-17-25(24-16-20-12-14-22(24)15-13-20)26(18-28(27)2)21-9-4-3-5-10-21;1-18-8-6-7-11-22(18)26-16-24(23-15-19-12-13-21(23)14-19)25(17-27(26)2)20-9-4-3-5-10-20/h8-15H,1-7H3;3-11,17-18,20,22,24H,12-16H2,1-2H3;3-11,16-17,19,21,23H,12-15H2,1-2H3/q3*+1/i2D3,4D3;;. The molecule has 5 saturated carbocycles. The van der Waals surface area contributed by atoms with Crippen molar-refractivity contribution in [3.8, 4) is 67.2 Å². The number of furan rings is 1. The fraction of sp³-hybridized carbons (Fsp3) is 0.317. The average Bonchev–Trinajstić information content (AvgIpc) is 1.74. The van der Waals surface area contributed by atoms with Crippen LogP contribution in [0.3, 0.4) is 0 Å². The van der Waals surface area contributed by atoms with E-state index in [2.05, 4.69) is 176 Å². The van der Waals surface area contributed by atoms with E-state index in [9.17, 15) is 0 Å². The predicted molar refractivity (Wildman–Crippen MR) is 359 cm³/mol. The van der Waals surface area contributed by atoms with Gasteiger partial charge in [-0.2, -0.15) is 0 Å². The maximum Gasteiger partial charge on any atom is 0.227 e. The molecule has 5 heterocycles. The van der Waals surface area contributed by atoms with Gasteiger partial charge in [0.1, 0.15) is 21.1 Å². The lowest BCUT2D eigenvalue weighted by molar-refractivity contribution is -0.660. The van der Waals surface area contributed by atoms with E-state index in [-0.39, 0.29) is 11.1 Å². The maximum atomic E-state index is 8.26. The summed E-state index contributed by atoms with van der Waals surface area (Å²) in [6.45, 7) is 7.24. The summed E-state index contributed by atoms with van der Waals surface area (Å²) in [5.41, 5.74) is 24.3. The van der Waals surface area contributed by atoms with Crippen LogP contribution in [-0.2, 0) is 21.1 Å². The Morgan fingerprint density at radius 1 is 0.414 bits per heavy atom. The first-order valence-corrected chi connectivity index (χ1v) is 31.8. The Balaban J connectivity index is 0.000000129. The van der Waals surface area contributed by atoms with E-state index in [1.807, 2.05) is 64.2 Å². The van der Waals surface area contributed by atoms with Crippen molar-refractivity contribution in [3.05, 3.63) is 238 Å². The van der Waals surface area contributed by atoms with Crippen molar-refractivity contribution in [1.82, 2.24) is 4.98 Å². The van der Waals surface area contributed by atoms with Crippen molar-refractivity contribution < 1.29 is 26.3 Å². The van der Waals surface area contributed by atoms with Crippen molar-refractivity contribution in [3.63, 3.8) is 0 Å². The molecule has 0 aliphatic heterocycles. The van der Waals surface area contributed by atoms with Gasteiger partial charge in [0.05, 0.1) is 5.56 Å². The quantitative estimate of drug-likeness (QED) is 0.142. The molecule has 87 heavy (non-hydrogen) atoms. The van der Waals surface area contributed by atoms with Crippen LogP contribution in [0.5, 0.6) is 0 Å². The monoisotopic (exact) mass is 1150 g/mol. The SMILES string of the molecule is Cc1ccccc1-c1cc(C2CC3CCC2C3)c(-c2ccccc2)c[n+]1C.Cc1ccccc1-c1cc(C2CC3CCC2CC3)c(-c2ccccc2)c[n+]1C.[2H]C([2H])([2H])c1c[n+](C)c(-c2c(C)ccc3c2oc2nc(C)ccc23)cc1-c1cc(C)c(C)c(C([2H])([2H])[2H])c1. The third-order valence-corrected chi connectivity index (χ3v) is 20.6. The summed E-state index contributed by atoms with van der Waals surface area (Å²) < 4.78 is 61.6. The van der Waals surface area contributed by atoms with E-state index < -0.39 is 13.7 Å². The van der Waals surface area contributed by atoms with Gasteiger partial charge >= 0.3 is 0 Å². The van der Waals surface area contributed by atoms with Gasteiger partial charge in [-0.25, -0.2) is 18.7 Å². The second kappa shape index (κ2) is 24.1. The molecule has 6 aromatic carbocycles. The number of hydrogen-bond donors (Lipinski definition) is 0. The van der Waals surface area contributed by atoms with Crippen LogP contribution in [0.2, 0.25) is 0 Å². The number of hydrogen-bond acceptors (Lipinski definition) is 2. The summed E-state index contributed by atoms with van der Waals surface area (Å²) in [6, 6.07) is 57.8. The van der Waals surface area contributed by atoms with E-state index in [1.54, 1.807) is 34.9 Å². The van der Waals surface area contributed by atoms with Crippen LogP contribution in [0.4, 0.5) is 0 Å². The van der Waals surface area contributed by atoms with E-state index in [0.29, 0.717) is 33.9 Å². The van der Waals surface area contributed by atoms with E-state index in [1.165, 1.54) is 114 Å². The summed E-state index contributed by atoms with van der Waals surface area (Å²) >= 11 is 0. The van der Waals surface area contributed by atoms with Gasteiger partial charge in [-0.05, 0) is 220 Å². The number of aryl methyl sites for hydroxylation is 10. The zero-order chi connectivity index (χ0) is 65.2. The van der Waals surface area contributed by atoms with E-state index in [0.717, 1.165) is 68.4 Å². The third kappa shape index (κ3) is 11.3. The molecular weight excluding hydrogens is 1060 g/mol. The first-order chi connectivity index (χ1) is 44.6. The first-order valence-electron chi connectivity index (χ1n) is 34.8. The lowest BCUT2D eigenvalue weighted by Gasteiger charge is -2.43. The van der Waals surface area contributed by atoms with Crippen molar-refractivity contribution in [2.45, 2.75) is 125 Å². The summed E-state index contributed by atoms with van der Waals surface area (Å²) in [6.07, 6.45) is 19.2. The Hall–Kier alpha value is -8.28. The van der Waals surface area contributed by atoms with Gasteiger partial charge in [-0.15, -0.1) is 0 Å². The largest absolute Gasteiger partial charge is 0.437 e. The highest BCUT2D eigenvalue weighted by molar-refractivity contribution is 6.09. The number of aromatic nitrogens is 4. The topological polar surface area (TPSA) is 37.7 Å². The molecule has 5 nitrogen and oxygen atoms in total. The Morgan fingerprint density at radius 2 is 0.943 bits per heavy atom. The summed E-state index contributed by atoms with van der Waals surface area (Å²) in [7, 11) is 6.20. The maximum absolute atomic E-state index is 8.26. The zero-order valence-electron chi connectivity index (χ0n) is 58.3. The molecule has 0 N–H and O–H groups in total. The number of rotatable bonds is 8. The summed E-state index contributed by atoms with van der Waals surface area (Å²) in [5, 5.41) is 1.83. The molecule has 4 bridgehead atoms.